The molecule has 0 radical (unpaired) electrons. The summed E-state index contributed by atoms with van der Waals surface area (Å²) in [7, 11) is 2.01. The third-order valence-corrected chi connectivity index (χ3v) is 3.72. The molecule has 3 heteroatoms. The topological polar surface area (TPSA) is 32.3 Å². The van der Waals surface area contributed by atoms with E-state index >= 15 is 0 Å². The van der Waals surface area contributed by atoms with Gasteiger partial charge in [0.05, 0.1) is 0 Å². The predicted molar refractivity (Wildman–Crippen MR) is 72.3 cm³/mol. The van der Waals surface area contributed by atoms with Gasteiger partial charge in [-0.3, -0.25) is 0 Å². The van der Waals surface area contributed by atoms with E-state index < -0.39 is 0 Å². The van der Waals surface area contributed by atoms with Crippen LogP contribution in [0.25, 0.3) is 0 Å². The van der Waals surface area contributed by atoms with Gasteiger partial charge in [-0.1, -0.05) is 26.0 Å². The highest BCUT2D eigenvalue weighted by molar-refractivity contribution is 7.99. The number of rotatable bonds is 6. The molecule has 2 nitrogen and oxygen atoms in total. The first-order valence-electron chi connectivity index (χ1n) is 5.68. The first-order chi connectivity index (χ1) is 7.61. The molecule has 0 spiro atoms. The minimum atomic E-state index is 0.335. The van der Waals surface area contributed by atoms with Gasteiger partial charge >= 0.3 is 0 Å². The van der Waals surface area contributed by atoms with E-state index in [4.69, 9.17) is 0 Å². The van der Waals surface area contributed by atoms with Gasteiger partial charge in [-0.2, -0.15) is 11.8 Å². The summed E-state index contributed by atoms with van der Waals surface area (Å²) in [5, 5.41) is 13.2. The van der Waals surface area contributed by atoms with Crippen molar-refractivity contribution in [2.45, 2.75) is 31.6 Å². The van der Waals surface area contributed by atoms with Crippen molar-refractivity contribution in [3.8, 4) is 5.75 Å². The molecule has 0 amide bonds. The van der Waals surface area contributed by atoms with Gasteiger partial charge in [-0.15, -0.1) is 0 Å². The Morgan fingerprint density at radius 3 is 2.38 bits per heavy atom. The Bertz CT molecular complexity index is 297. The third kappa shape index (κ3) is 4.90. The zero-order valence-electron chi connectivity index (χ0n) is 10.2. The lowest BCUT2D eigenvalue weighted by Gasteiger charge is -2.17. The molecule has 0 bridgehead atoms. The summed E-state index contributed by atoms with van der Waals surface area (Å²) in [6.45, 7) is 4.44. The largest absolute Gasteiger partial charge is 0.508 e. The molecule has 90 valence electrons. The fourth-order valence-corrected chi connectivity index (χ4v) is 2.37. The number of phenols is 1. The normalized spacial score (nSPS) is 13.0. The van der Waals surface area contributed by atoms with E-state index in [0.717, 1.165) is 12.2 Å². The van der Waals surface area contributed by atoms with Crippen LogP contribution in [0.1, 0.15) is 19.4 Å². The van der Waals surface area contributed by atoms with Crippen LogP contribution in [0.5, 0.6) is 5.75 Å². The maximum atomic E-state index is 9.20. The van der Waals surface area contributed by atoms with Crippen molar-refractivity contribution in [1.82, 2.24) is 5.32 Å². The number of likely N-dealkylation sites (N-methyl/N-ethyl adjacent to an activating group) is 1. The minimum Gasteiger partial charge on any atom is -0.508 e. The second-order valence-electron chi connectivity index (χ2n) is 4.24. The van der Waals surface area contributed by atoms with E-state index in [1.54, 1.807) is 12.1 Å². The van der Waals surface area contributed by atoms with Crippen molar-refractivity contribution >= 4 is 11.8 Å². The Balaban J connectivity index is 2.46. The lowest BCUT2D eigenvalue weighted by molar-refractivity contribution is 0.475. The number of benzene rings is 1. The van der Waals surface area contributed by atoms with Gasteiger partial charge in [0, 0.05) is 11.8 Å². The number of nitrogens with one attached hydrogen (secondary N) is 1. The monoisotopic (exact) mass is 239 g/mol. The fourth-order valence-electron chi connectivity index (χ4n) is 1.47. The molecule has 16 heavy (non-hydrogen) atoms. The van der Waals surface area contributed by atoms with Gasteiger partial charge in [0.25, 0.3) is 0 Å². The standard InChI is InChI=1S/C13H21NOS/c1-10(2)16-9-12(14-3)8-11-4-6-13(15)7-5-11/h4-7,10,12,14-15H,8-9H2,1-3H3. The van der Waals surface area contributed by atoms with Crippen LogP contribution in [0.15, 0.2) is 24.3 Å². The van der Waals surface area contributed by atoms with Crippen LogP contribution >= 0.6 is 11.8 Å². The molecule has 0 saturated carbocycles. The summed E-state index contributed by atoms with van der Waals surface area (Å²) in [6.07, 6.45) is 1.01. The first kappa shape index (κ1) is 13.4. The van der Waals surface area contributed by atoms with Crippen molar-refractivity contribution in [2.24, 2.45) is 0 Å². The molecule has 1 atom stereocenters. The van der Waals surface area contributed by atoms with Gasteiger partial charge in [0.1, 0.15) is 5.75 Å². The Labute approximate surface area is 102 Å². The second-order valence-corrected chi connectivity index (χ2v) is 5.85. The van der Waals surface area contributed by atoms with Crippen LogP contribution in [-0.4, -0.2) is 29.2 Å². The van der Waals surface area contributed by atoms with Crippen molar-refractivity contribution < 1.29 is 5.11 Å². The summed E-state index contributed by atoms with van der Waals surface area (Å²) in [5.74, 6) is 1.45. The molecular formula is C13H21NOS. The lowest BCUT2D eigenvalue weighted by atomic mass is 10.1. The maximum absolute atomic E-state index is 9.20. The minimum absolute atomic E-state index is 0.335. The highest BCUT2D eigenvalue weighted by atomic mass is 32.2. The molecule has 0 heterocycles. The maximum Gasteiger partial charge on any atom is 0.115 e. The molecule has 0 aromatic heterocycles. The molecule has 0 aliphatic carbocycles. The molecular weight excluding hydrogens is 218 g/mol. The van der Waals surface area contributed by atoms with Gasteiger partial charge < -0.3 is 10.4 Å². The predicted octanol–water partition coefficient (Wildman–Crippen LogP) is 2.66. The summed E-state index contributed by atoms with van der Waals surface area (Å²) >= 11 is 1.97. The molecule has 1 unspecified atom stereocenters. The van der Waals surface area contributed by atoms with E-state index in [2.05, 4.69) is 19.2 Å². The fraction of sp³-hybridized carbons (Fsp3) is 0.538. The van der Waals surface area contributed by atoms with Gasteiger partial charge in [-0.25, -0.2) is 0 Å². The molecule has 1 aromatic rings. The van der Waals surface area contributed by atoms with Gasteiger partial charge in [0.15, 0.2) is 0 Å². The third-order valence-electron chi connectivity index (χ3n) is 2.46. The van der Waals surface area contributed by atoms with Crippen LogP contribution in [0.2, 0.25) is 0 Å². The van der Waals surface area contributed by atoms with Crippen LogP contribution in [0, 0.1) is 0 Å². The van der Waals surface area contributed by atoms with Crippen molar-refractivity contribution in [3.05, 3.63) is 29.8 Å². The first-order valence-corrected chi connectivity index (χ1v) is 6.73. The molecule has 1 rings (SSSR count). The summed E-state index contributed by atoms with van der Waals surface area (Å²) < 4.78 is 0. The number of thioether (sulfide) groups is 1. The van der Waals surface area contributed by atoms with Crippen LogP contribution in [0.3, 0.4) is 0 Å². The highest BCUT2D eigenvalue weighted by Gasteiger charge is 2.08. The number of hydrogen-bond donors (Lipinski definition) is 2. The number of aromatic hydroxyl groups is 1. The molecule has 0 aliphatic heterocycles. The van der Waals surface area contributed by atoms with E-state index in [9.17, 15) is 5.11 Å². The average molecular weight is 239 g/mol. The van der Waals surface area contributed by atoms with Crippen molar-refractivity contribution in [1.29, 1.82) is 0 Å². The van der Waals surface area contributed by atoms with Crippen LogP contribution < -0.4 is 5.32 Å². The summed E-state index contributed by atoms with van der Waals surface area (Å²) in [6, 6.07) is 7.96. The molecule has 2 N–H and O–H groups in total. The molecule has 0 aliphatic rings. The van der Waals surface area contributed by atoms with Gasteiger partial charge in [-0.05, 0) is 36.4 Å². The molecule has 0 saturated heterocycles. The smallest absolute Gasteiger partial charge is 0.115 e. The Morgan fingerprint density at radius 2 is 1.88 bits per heavy atom. The highest BCUT2D eigenvalue weighted by Crippen LogP contribution is 2.15. The van der Waals surface area contributed by atoms with E-state index in [-0.39, 0.29) is 0 Å². The number of hydrogen-bond acceptors (Lipinski definition) is 3. The summed E-state index contributed by atoms with van der Waals surface area (Å²) in [5.41, 5.74) is 1.27. The Hall–Kier alpha value is -0.670. The average Bonchev–Trinajstić information content (AvgIpc) is 2.26. The second kappa shape index (κ2) is 6.81. The molecule has 1 aromatic carbocycles. The van der Waals surface area contributed by atoms with Crippen LogP contribution in [0.4, 0.5) is 0 Å². The lowest BCUT2D eigenvalue weighted by Crippen LogP contribution is -2.30. The van der Waals surface area contributed by atoms with E-state index in [1.807, 2.05) is 30.9 Å². The molecule has 0 fully saturated rings. The van der Waals surface area contributed by atoms with Crippen molar-refractivity contribution in [3.63, 3.8) is 0 Å². The zero-order chi connectivity index (χ0) is 12.0. The Morgan fingerprint density at radius 1 is 1.25 bits per heavy atom. The SMILES string of the molecule is CNC(CSC(C)C)Cc1ccc(O)cc1. The quantitative estimate of drug-likeness (QED) is 0.800. The Kier molecular flexibility index (Phi) is 5.71. The van der Waals surface area contributed by atoms with Gasteiger partial charge in [0.2, 0.25) is 0 Å². The van der Waals surface area contributed by atoms with E-state index in [0.29, 0.717) is 17.0 Å². The van der Waals surface area contributed by atoms with Crippen LogP contribution in [-0.2, 0) is 6.42 Å². The summed E-state index contributed by atoms with van der Waals surface area (Å²) in [4.78, 5) is 0. The van der Waals surface area contributed by atoms with E-state index in [1.165, 1.54) is 5.56 Å². The zero-order valence-corrected chi connectivity index (χ0v) is 11.1. The van der Waals surface area contributed by atoms with Crippen molar-refractivity contribution in [2.75, 3.05) is 12.8 Å². The number of phenolic OH excluding ortho intramolecular Hbond substituents is 1.